The zero-order valence-electron chi connectivity index (χ0n) is 22.7. The maximum atomic E-state index is 11.9. The summed E-state index contributed by atoms with van der Waals surface area (Å²) in [6, 6.07) is 0. The Hall–Kier alpha value is -0.830. The molecule has 33 heavy (non-hydrogen) atoms. The van der Waals surface area contributed by atoms with E-state index in [1.54, 1.807) is 7.11 Å². The van der Waals surface area contributed by atoms with Crippen LogP contribution in [0, 0.1) is 0 Å². The van der Waals surface area contributed by atoms with Gasteiger partial charge in [-0.3, -0.25) is 4.79 Å². The van der Waals surface area contributed by atoms with Crippen molar-refractivity contribution in [3.63, 3.8) is 0 Å². The minimum absolute atomic E-state index is 0.0383. The van der Waals surface area contributed by atoms with Crippen molar-refractivity contribution >= 4 is 5.97 Å². The van der Waals surface area contributed by atoms with Crippen LogP contribution in [-0.4, -0.2) is 25.8 Å². The number of rotatable bonds is 26. The van der Waals surface area contributed by atoms with Gasteiger partial charge in [0.25, 0.3) is 0 Å². The maximum absolute atomic E-state index is 11.9. The predicted octanol–water partition coefficient (Wildman–Crippen LogP) is 9.72. The lowest BCUT2D eigenvalue weighted by Crippen LogP contribution is -2.12. The highest BCUT2D eigenvalue weighted by Crippen LogP contribution is 2.14. The van der Waals surface area contributed by atoms with Gasteiger partial charge in [0.1, 0.15) is 0 Å². The molecule has 0 bridgehead atoms. The van der Waals surface area contributed by atoms with Crippen LogP contribution in [0.25, 0.3) is 0 Å². The predicted molar refractivity (Wildman–Crippen MR) is 144 cm³/mol. The number of unbranched alkanes of at least 4 members (excludes halogenated alkanes) is 15. The Morgan fingerprint density at radius 1 is 0.636 bits per heavy atom. The average molecular weight is 467 g/mol. The highest BCUT2D eigenvalue weighted by molar-refractivity contribution is 5.69. The lowest BCUT2D eigenvalue weighted by molar-refractivity contribution is -0.144. The monoisotopic (exact) mass is 466 g/mol. The van der Waals surface area contributed by atoms with E-state index in [1.807, 2.05) is 0 Å². The number of ether oxygens (including phenoxy) is 2. The third kappa shape index (κ3) is 25.6. The van der Waals surface area contributed by atoms with Gasteiger partial charge < -0.3 is 9.47 Å². The number of esters is 1. The number of carbonyl (C=O) groups excluding carboxylic acids is 1. The molecular weight excluding hydrogens is 408 g/mol. The van der Waals surface area contributed by atoms with Gasteiger partial charge >= 0.3 is 5.97 Å². The number of hydrogen-bond acceptors (Lipinski definition) is 3. The first-order valence-electron chi connectivity index (χ1n) is 14.6. The molecule has 0 radical (unpaired) electrons. The minimum Gasteiger partial charge on any atom is -0.466 e. The molecule has 1 atom stereocenters. The van der Waals surface area contributed by atoms with Crippen molar-refractivity contribution in [1.29, 1.82) is 0 Å². The molecule has 0 N–H and O–H groups in total. The van der Waals surface area contributed by atoms with E-state index < -0.39 is 0 Å². The fraction of sp³-hybridized carbons (Fsp3) is 0.900. The molecule has 196 valence electrons. The molecule has 0 amide bonds. The summed E-state index contributed by atoms with van der Waals surface area (Å²) in [5.74, 6) is -0.0383. The van der Waals surface area contributed by atoms with Gasteiger partial charge in [-0.1, -0.05) is 109 Å². The Morgan fingerprint density at radius 3 is 1.70 bits per heavy atom. The van der Waals surface area contributed by atoms with E-state index in [0.717, 1.165) is 25.7 Å². The van der Waals surface area contributed by atoms with Crippen LogP contribution in [0.2, 0.25) is 0 Å². The van der Waals surface area contributed by atoms with E-state index in [1.165, 1.54) is 109 Å². The fourth-order valence-electron chi connectivity index (χ4n) is 4.26. The van der Waals surface area contributed by atoms with E-state index in [2.05, 4.69) is 26.0 Å². The second-order valence-electron chi connectivity index (χ2n) is 9.76. The molecule has 0 aromatic heterocycles. The van der Waals surface area contributed by atoms with Crippen LogP contribution in [0.4, 0.5) is 0 Å². The first kappa shape index (κ1) is 32.2. The second-order valence-corrected chi connectivity index (χ2v) is 9.76. The molecule has 0 fully saturated rings. The lowest BCUT2D eigenvalue weighted by atomic mass is 10.0. The normalized spacial score (nSPS) is 12.5. The largest absolute Gasteiger partial charge is 0.466 e. The van der Waals surface area contributed by atoms with Gasteiger partial charge in [-0.05, 0) is 51.4 Å². The van der Waals surface area contributed by atoms with Gasteiger partial charge in [-0.25, -0.2) is 0 Å². The number of hydrogen-bond donors (Lipinski definition) is 0. The Kier molecular flexibility index (Phi) is 26.7. The van der Waals surface area contributed by atoms with Crippen LogP contribution in [0.3, 0.4) is 0 Å². The van der Waals surface area contributed by atoms with E-state index in [4.69, 9.17) is 9.47 Å². The first-order valence-corrected chi connectivity index (χ1v) is 14.6. The summed E-state index contributed by atoms with van der Waals surface area (Å²) in [7, 11) is 1.79. The third-order valence-electron chi connectivity index (χ3n) is 6.54. The molecule has 0 heterocycles. The van der Waals surface area contributed by atoms with Gasteiger partial charge in [0.15, 0.2) is 0 Å². The molecular formula is C30H58O3. The maximum Gasteiger partial charge on any atom is 0.305 e. The fourth-order valence-corrected chi connectivity index (χ4v) is 4.26. The summed E-state index contributed by atoms with van der Waals surface area (Å²) in [6.07, 6.45) is 31.8. The molecule has 0 saturated carbocycles. The van der Waals surface area contributed by atoms with Gasteiger partial charge in [0.2, 0.25) is 0 Å². The molecule has 0 spiro atoms. The van der Waals surface area contributed by atoms with Crippen LogP contribution >= 0.6 is 0 Å². The molecule has 0 rings (SSSR count). The van der Waals surface area contributed by atoms with Gasteiger partial charge in [-0.15, -0.1) is 0 Å². The highest BCUT2D eigenvalue weighted by Gasteiger charge is 2.09. The Labute approximate surface area is 207 Å². The average Bonchev–Trinajstić information content (AvgIpc) is 2.82. The van der Waals surface area contributed by atoms with Gasteiger partial charge in [0.05, 0.1) is 12.7 Å². The van der Waals surface area contributed by atoms with Crippen LogP contribution in [0.5, 0.6) is 0 Å². The molecule has 0 aliphatic heterocycles. The van der Waals surface area contributed by atoms with Crippen LogP contribution in [0.1, 0.15) is 155 Å². The number of allylic oxidation sites excluding steroid dienone is 2. The van der Waals surface area contributed by atoms with Crippen LogP contribution < -0.4 is 0 Å². The van der Waals surface area contributed by atoms with E-state index >= 15 is 0 Å². The van der Waals surface area contributed by atoms with Gasteiger partial charge in [0, 0.05) is 13.5 Å². The van der Waals surface area contributed by atoms with Crippen molar-refractivity contribution in [3.8, 4) is 0 Å². The molecule has 3 heteroatoms. The Bertz CT molecular complexity index is 419. The summed E-state index contributed by atoms with van der Waals surface area (Å²) in [4.78, 5) is 11.9. The second kappa shape index (κ2) is 27.4. The zero-order valence-corrected chi connectivity index (χ0v) is 22.7. The highest BCUT2D eigenvalue weighted by atomic mass is 16.5. The van der Waals surface area contributed by atoms with Crippen molar-refractivity contribution in [1.82, 2.24) is 0 Å². The topological polar surface area (TPSA) is 35.5 Å². The van der Waals surface area contributed by atoms with Crippen molar-refractivity contribution < 1.29 is 14.3 Å². The molecule has 0 aliphatic rings. The third-order valence-corrected chi connectivity index (χ3v) is 6.54. The summed E-state index contributed by atoms with van der Waals surface area (Å²) >= 11 is 0. The quantitative estimate of drug-likeness (QED) is 0.0722. The zero-order chi connectivity index (χ0) is 24.2. The summed E-state index contributed by atoms with van der Waals surface area (Å²) in [6.45, 7) is 5.10. The number of methoxy groups -OCH3 is 1. The summed E-state index contributed by atoms with van der Waals surface area (Å²) in [5, 5.41) is 0. The van der Waals surface area contributed by atoms with E-state index in [-0.39, 0.29) is 5.97 Å². The van der Waals surface area contributed by atoms with Gasteiger partial charge in [-0.2, -0.15) is 0 Å². The smallest absolute Gasteiger partial charge is 0.305 e. The molecule has 0 aromatic carbocycles. The molecule has 0 aromatic rings. The van der Waals surface area contributed by atoms with Crippen molar-refractivity contribution in [2.75, 3.05) is 13.7 Å². The summed E-state index contributed by atoms with van der Waals surface area (Å²) in [5.41, 5.74) is 0. The van der Waals surface area contributed by atoms with Crippen molar-refractivity contribution in [2.24, 2.45) is 0 Å². The SMILES string of the molecule is CCCCCCCC/C=C\CCCCCCCCOC(=O)CCCC(CCCCCC)OC. The Balaban J connectivity index is 3.35. The first-order chi connectivity index (χ1) is 16.2. The number of carbonyl (C=O) groups is 1. The lowest BCUT2D eigenvalue weighted by Gasteiger charge is -2.14. The Morgan fingerprint density at radius 2 is 1.12 bits per heavy atom. The van der Waals surface area contributed by atoms with Crippen LogP contribution in [-0.2, 0) is 14.3 Å². The molecule has 0 saturated heterocycles. The van der Waals surface area contributed by atoms with Crippen molar-refractivity contribution in [2.45, 2.75) is 161 Å². The molecule has 3 nitrogen and oxygen atoms in total. The molecule has 0 aliphatic carbocycles. The van der Waals surface area contributed by atoms with E-state index in [0.29, 0.717) is 19.1 Å². The summed E-state index contributed by atoms with van der Waals surface area (Å²) < 4.78 is 11.0. The standard InChI is InChI=1S/C30H58O3/c1-4-6-8-10-11-12-13-14-15-16-17-18-19-20-21-23-28-33-30(31)27-24-26-29(32-3)25-22-9-7-5-2/h14-15,29H,4-13,16-28H2,1-3H3/b15-14-. The van der Waals surface area contributed by atoms with Crippen molar-refractivity contribution in [3.05, 3.63) is 12.2 Å². The van der Waals surface area contributed by atoms with E-state index in [9.17, 15) is 4.79 Å². The van der Waals surface area contributed by atoms with Crippen LogP contribution in [0.15, 0.2) is 12.2 Å². The minimum atomic E-state index is -0.0383. The molecule has 1 unspecified atom stereocenters.